The molecule has 3 nitrogen and oxygen atoms in total. The van der Waals surface area contributed by atoms with E-state index in [1.165, 1.54) is 6.08 Å². The standard InChI is InChI=1S/C5H6NO2/c1-2-3-6-5(8)4-7/h2H,1,3H2,(H,6,8). The van der Waals surface area contributed by atoms with Gasteiger partial charge in [0.1, 0.15) is 0 Å². The van der Waals surface area contributed by atoms with Crippen molar-refractivity contribution >= 4 is 12.2 Å². The molecule has 0 unspecified atom stereocenters. The monoisotopic (exact) mass is 112 g/mol. The van der Waals surface area contributed by atoms with Gasteiger partial charge in [0.05, 0.1) is 0 Å². The third kappa shape index (κ3) is 3.08. The summed E-state index contributed by atoms with van der Waals surface area (Å²) in [6, 6.07) is 0. The van der Waals surface area contributed by atoms with Crippen molar-refractivity contribution < 1.29 is 9.59 Å². The molecule has 1 radical (unpaired) electrons. The predicted octanol–water partition coefficient (Wildman–Crippen LogP) is -0.602. The Morgan fingerprint density at radius 3 is 2.88 bits per heavy atom. The molecule has 0 saturated heterocycles. The molecule has 0 aliphatic heterocycles. The molecule has 3 heteroatoms. The van der Waals surface area contributed by atoms with Crippen molar-refractivity contribution in [1.29, 1.82) is 0 Å². The number of carbonyl (C=O) groups is 1. The number of hydrogen-bond acceptors (Lipinski definition) is 2. The van der Waals surface area contributed by atoms with Crippen molar-refractivity contribution in [2.45, 2.75) is 0 Å². The Bertz CT molecular complexity index is 109. The van der Waals surface area contributed by atoms with Crippen molar-refractivity contribution in [2.24, 2.45) is 0 Å². The van der Waals surface area contributed by atoms with Gasteiger partial charge in [0, 0.05) is 6.54 Å². The van der Waals surface area contributed by atoms with E-state index in [2.05, 4.69) is 11.9 Å². The van der Waals surface area contributed by atoms with Crippen LogP contribution < -0.4 is 5.32 Å². The molecule has 0 heterocycles. The fourth-order valence-corrected chi connectivity index (χ4v) is 0.201. The zero-order valence-corrected chi connectivity index (χ0v) is 4.31. The van der Waals surface area contributed by atoms with Crippen LogP contribution in [0.2, 0.25) is 0 Å². The Morgan fingerprint density at radius 2 is 2.50 bits per heavy atom. The molecule has 0 aromatic heterocycles. The highest BCUT2D eigenvalue weighted by Crippen LogP contribution is 1.58. The van der Waals surface area contributed by atoms with Gasteiger partial charge in [-0.25, -0.2) is 0 Å². The van der Waals surface area contributed by atoms with Crippen molar-refractivity contribution in [3.05, 3.63) is 12.7 Å². The van der Waals surface area contributed by atoms with Crippen LogP contribution in [0.1, 0.15) is 0 Å². The SMILES string of the molecule is C=CCNC(=O)[C]=O. The van der Waals surface area contributed by atoms with E-state index in [4.69, 9.17) is 0 Å². The maximum atomic E-state index is 9.99. The predicted molar refractivity (Wildman–Crippen MR) is 28.9 cm³/mol. The van der Waals surface area contributed by atoms with E-state index >= 15 is 0 Å². The van der Waals surface area contributed by atoms with Crippen molar-refractivity contribution in [1.82, 2.24) is 5.32 Å². The third-order valence-corrected chi connectivity index (χ3v) is 0.500. The zero-order valence-electron chi connectivity index (χ0n) is 4.31. The van der Waals surface area contributed by atoms with Gasteiger partial charge in [-0.1, -0.05) is 6.08 Å². The molecule has 0 fully saturated rings. The lowest BCUT2D eigenvalue weighted by Crippen LogP contribution is -2.23. The average Bonchev–Trinajstić information content (AvgIpc) is 1.83. The lowest BCUT2D eigenvalue weighted by Gasteiger charge is -1.88. The Kier molecular flexibility index (Phi) is 3.48. The smallest absolute Gasteiger partial charge is 0.296 e. The highest BCUT2D eigenvalue weighted by molar-refractivity contribution is 6.24. The molecule has 0 spiro atoms. The summed E-state index contributed by atoms with van der Waals surface area (Å²) in [7, 11) is 0. The van der Waals surface area contributed by atoms with Gasteiger partial charge in [0.15, 0.2) is 0 Å². The maximum absolute atomic E-state index is 9.99. The molecule has 0 aromatic rings. The van der Waals surface area contributed by atoms with Crippen molar-refractivity contribution in [3.8, 4) is 0 Å². The lowest BCUT2D eigenvalue weighted by molar-refractivity contribution is -0.114. The first-order valence-corrected chi connectivity index (χ1v) is 2.08. The van der Waals surface area contributed by atoms with Crippen molar-refractivity contribution in [3.63, 3.8) is 0 Å². The molecule has 0 aliphatic rings. The summed E-state index contributed by atoms with van der Waals surface area (Å²) in [5, 5.41) is 2.20. The van der Waals surface area contributed by atoms with Gasteiger partial charge in [0.25, 0.3) is 12.2 Å². The van der Waals surface area contributed by atoms with Gasteiger partial charge >= 0.3 is 0 Å². The number of nitrogens with one attached hydrogen (secondary N) is 1. The molecule has 0 atom stereocenters. The largest absolute Gasteiger partial charge is 0.346 e. The first kappa shape index (κ1) is 6.88. The van der Waals surface area contributed by atoms with E-state index < -0.39 is 5.91 Å². The summed E-state index contributed by atoms with van der Waals surface area (Å²) in [5.74, 6) is -0.732. The summed E-state index contributed by atoms with van der Waals surface area (Å²) in [6.07, 6.45) is 2.63. The topological polar surface area (TPSA) is 46.2 Å². The molecule has 43 valence electrons. The summed E-state index contributed by atoms with van der Waals surface area (Å²) < 4.78 is 0. The minimum absolute atomic E-state index is 0.314. The van der Waals surface area contributed by atoms with E-state index in [0.29, 0.717) is 6.54 Å². The van der Waals surface area contributed by atoms with Crippen LogP contribution in [0, 0.1) is 0 Å². The van der Waals surface area contributed by atoms with Gasteiger partial charge in [-0.05, 0) is 0 Å². The van der Waals surface area contributed by atoms with E-state index in [9.17, 15) is 9.59 Å². The molecule has 1 amide bonds. The van der Waals surface area contributed by atoms with Gasteiger partial charge in [-0.15, -0.1) is 6.58 Å². The summed E-state index contributed by atoms with van der Waals surface area (Å²) in [6.45, 7) is 3.64. The molecular weight excluding hydrogens is 106 g/mol. The van der Waals surface area contributed by atoms with E-state index in [1.54, 1.807) is 0 Å². The Labute approximate surface area is 47.4 Å². The molecule has 0 bridgehead atoms. The van der Waals surface area contributed by atoms with Gasteiger partial charge in [0.2, 0.25) is 0 Å². The van der Waals surface area contributed by atoms with Crippen LogP contribution in [-0.2, 0) is 9.59 Å². The van der Waals surface area contributed by atoms with Gasteiger partial charge < -0.3 is 5.32 Å². The van der Waals surface area contributed by atoms with Crippen LogP contribution in [0.4, 0.5) is 0 Å². The normalized spacial score (nSPS) is 7.50. The van der Waals surface area contributed by atoms with Crippen LogP contribution in [0.25, 0.3) is 0 Å². The minimum Gasteiger partial charge on any atom is -0.346 e. The Balaban J connectivity index is 3.24. The van der Waals surface area contributed by atoms with Crippen LogP contribution in [0.5, 0.6) is 0 Å². The number of amides is 1. The maximum Gasteiger partial charge on any atom is 0.296 e. The molecule has 0 aliphatic carbocycles. The highest BCUT2D eigenvalue weighted by Gasteiger charge is 1.92. The number of hydrogen-bond donors (Lipinski definition) is 1. The summed E-state index contributed by atoms with van der Waals surface area (Å²) in [4.78, 5) is 19.4. The molecule has 1 N–H and O–H groups in total. The molecule has 8 heavy (non-hydrogen) atoms. The molecule has 0 saturated carbocycles. The zero-order chi connectivity index (χ0) is 6.41. The lowest BCUT2D eigenvalue weighted by atomic mass is 10.6. The van der Waals surface area contributed by atoms with Gasteiger partial charge in [-0.3, -0.25) is 9.59 Å². The van der Waals surface area contributed by atoms with Crippen molar-refractivity contribution in [2.75, 3.05) is 6.54 Å². The Hall–Kier alpha value is -1.12. The van der Waals surface area contributed by atoms with E-state index in [0.717, 1.165) is 6.29 Å². The molecule has 0 aromatic carbocycles. The van der Waals surface area contributed by atoms with Gasteiger partial charge in [-0.2, -0.15) is 0 Å². The summed E-state index contributed by atoms with van der Waals surface area (Å²) >= 11 is 0. The van der Waals surface area contributed by atoms with E-state index in [1.807, 2.05) is 0 Å². The molecule has 0 rings (SSSR count). The number of rotatable bonds is 3. The highest BCUT2D eigenvalue weighted by atomic mass is 16.2. The fourth-order valence-electron chi connectivity index (χ4n) is 0.201. The molecular formula is C5H6NO2. The second-order valence-corrected chi connectivity index (χ2v) is 1.10. The minimum atomic E-state index is -0.732. The first-order chi connectivity index (χ1) is 3.81. The second kappa shape index (κ2) is 4.05. The van der Waals surface area contributed by atoms with Crippen LogP contribution in [-0.4, -0.2) is 18.7 Å². The number of carbonyl (C=O) groups excluding carboxylic acids is 2. The average molecular weight is 112 g/mol. The van der Waals surface area contributed by atoms with Crippen LogP contribution in [0.15, 0.2) is 12.7 Å². The Morgan fingerprint density at radius 1 is 1.88 bits per heavy atom. The quantitative estimate of drug-likeness (QED) is 0.391. The van der Waals surface area contributed by atoms with Crippen LogP contribution >= 0.6 is 0 Å². The van der Waals surface area contributed by atoms with E-state index in [-0.39, 0.29) is 0 Å². The summed E-state index contributed by atoms with van der Waals surface area (Å²) in [5.41, 5.74) is 0. The first-order valence-electron chi connectivity index (χ1n) is 2.08. The fraction of sp³-hybridized carbons (Fsp3) is 0.200. The third-order valence-electron chi connectivity index (χ3n) is 0.500. The second-order valence-electron chi connectivity index (χ2n) is 1.10. The van der Waals surface area contributed by atoms with Crippen LogP contribution in [0.3, 0.4) is 0 Å².